The summed E-state index contributed by atoms with van der Waals surface area (Å²) in [6, 6.07) is 13.4. The first-order valence-electron chi connectivity index (χ1n) is 10.1. The normalized spacial score (nSPS) is 20.7. The lowest BCUT2D eigenvalue weighted by Gasteiger charge is -2.35. The Morgan fingerprint density at radius 1 is 1.10 bits per heavy atom. The Labute approximate surface area is 183 Å². The second-order valence-electron chi connectivity index (χ2n) is 7.54. The highest BCUT2D eigenvalue weighted by Crippen LogP contribution is 2.40. The third-order valence-corrected chi connectivity index (χ3v) is 7.56. The monoisotopic (exact) mass is 438 g/mol. The standard InChI is InChI=1S/C23H22N2O3S2/c26-22(18-6-2-11-28-18)24-16-5-1-4-15(14-16)23(27)25-10-8-19-17(9-13-30-19)21(25)20-7-3-12-29-20/h1,3-5,7,9,12-14,18,21H,2,6,8,10-11H2,(H,24,26)/t18-,21-/m1/s1. The average Bonchev–Trinajstić information content (AvgIpc) is 3.55. The maximum atomic E-state index is 13.5. The summed E-state index contributed by atoms with van der Waals surface area (Å²) in [6.45, 7) is 1.31. The molecule has 30 heavy (non-hydrogen) atoms. The van der Waals surface area contributed by atoms with Gasteiger partial charge in [-0.1, -0.05) is 12.1 Å². The molecule has 7 heteroatoms. The van der Waals surface area contributed by atoms with Gasteiger partial charge in [-0.3, -0.25) is 9.59 Å². The van der Waals surface area contributed by atoms with Crippen molar-refractivity contribution in [3.63, 3.8) is 0 Å². The van der Waals surface area contributed by atoms with E-state index in [9.17, 15) is 9.59 Å². The Morgan fingerprint density at radius 2 is 2.03 bits per heavy atom. The molecule has 2 atom stereocenters. The predicted octanol–water partition coefficient (Wildman–Crippen LogP) is 4.72. The van der Waals surface area contributed by atoms with Crippen LogP contribution < -0.4 is 5.32 Å². The number of thiophene rings is 2. The van der Waals surface area contributed by atoms with Gasteiger partial charge in [0.2, 0.25) is 0 Å². The van der Waals surface area contributed by atoms with E-state index in [4.69, 9.17) is 4.74 Å². The fraction of sp³-hybridized carbons (Fsp3) is 0.304. The molecule has 0 spiro atoms. The highest BCUT2D eigenvalue weighted by Gasteiger charge is 2.34. The van der Waals surface area contributed by atoms with Crippen LogP contribution in [0.5, 0.6) is 0 Å². The van der Waals surface area contributed by atoms with Crippen LogP contribution in [0.3, 0.4) is 0 Å². The number of amides is 2. The van der Waals surface area contributed by atoms with Gasteiger partial charge in [-0.15, -0.1) is 22.7 Å². The molecule has 3 aromatic rings. The third-order valence-electron chi connectivity index (χ3n) is 5.64. The van der Waals surface area contributed by atoms with Crippen LogP contribution in [0.2, 0.25) is 0 Å². The first-order chi connectivity index (χ1) is 14.7. The number of ether oxygens (including phenoxy) is 1. The van der Waals surface area contributed by atoms with Crippen LogP contribution in [0.4, 0.5) is 5.69 Å². The van der Waals surface area contributed by atoms with Crippen LogP contribution in [0.1, 0.15) is 44.6 Å². The maximum Gasteiger partial charge on any atom is 0.254 e. The predicted molar refractivity (Wildman–Crippen MR) is 119 cm³/mol. The molecule has 5 rings (SSSR count). The van der Waals surface area contributed by atoms with Crippen LogP contribution in [0.25, 0.3) is 0 Å². The molecule has 1 aromatic carbocycles. The molecule has 2 aromatic heterocycles. The number of nitrogens with zero attached hydrogens (tertiary/aromatic N) is 1. The molecule has 0 saturated carbocycles. The van der Waals surface area contributed by atoms with E-state index in [1.165, 1.54) is 15.3 Å². The van der Waals surface area contributed by atoms with Crippen molar-refractivity contribution in [3.05, 3.63) is 74.1 Å². The van der Waals surface area contributed by atoms with Crippen molar-refractivity contribution in [2.75, 3.05) is 18.5 Å². The minimum atomic E-state index is -0.397. The van der Waals surface area contributed by atoms with Crippen LogP contribution in [-0.2, 0) is 16.0 Å². The van der Waals surface area contributed by atoms with Crippen LogP contribution in [0, 0.1) is 0 Å². The number of rotatable bonds is 4. The van der Waals surface area contributed by atoms with E-state index >= 15 is 0 Å². The molecule has 0 aliphatic carbocycles. The first-order valence-corrected chi connectivity index (χ1v) is 11.9. The van der Waals surface area contributed by atoms with E-state index in [0.29, 0.717) is 24.4 Å². The quantitative estimate of drug-likeness (QED) is 0.642. The van der Waals surface area contributed by atoms with E-state index in [1.807, 2.05) is 29.2 Å². The molecule has 1 fully saturated rings. The molecule has 1 N–H and O–H groups in total. The number of hydrogen-bond acceptors (Lipinski definition) is 5. The Hall–Kier alpha value is -2.48. The van der Waals surface area contributed by atoms with Gasteiger partial charge in [0.05, 0.1) is 6.04 Å². The molecule has 1 saturated heterocycles. The highest BCUT2D eigenvalue weighted by molar-refractivity contribution is 7.10. The van der Waals surface area contributed by atoms with Gasteiger partial charge in [-0.05, 0) is 65.9 Å². The van der Waals surface area contributed by atoms with E-state index in [0.717, 1.165) is 19.3 Å². The van der Waals surface area contributed by atoms with Crippen molar-refractivity contribution in [1.29, 1.82) is 0 Å². The Balaban J connectivity index is 1.40. The zero-order valence-corrected chi connectivity index (χ0v) is 18.0. The summed E-state index contributed by atoms with van der Waals surface area (Å²) < 4.78 is 5.46. The number of anilines is 1. The molecule has 154 valence electrons. The van der Waals surface area contributed by atoms with Gasteiger partial charge in [-0.2, -0.15) is 0 Å². The van der Waals surface area contributed by atoms with Gasteiger partial charge in [-0.25, -0.2) is 0 Å². The summed E-state index contributed by atoms with van der Waals surface area (Å²) in [5, 5.41) is 7.07. The summed E-state index contributed by atoms with van der Waals surface area (Å²) >= 11 is 3.44. The molecule has 2 aliphatic heterocycles. The minimum absolute atomic E-state index is 0.0153. The van der Waals surface area contributed by atoms with Gasteiger partial charge in [0, 0.05) is 34.2 Å². The zero-order valence-electron chi connectivity index (χ0n) is 16.4. The van der Waals surface area contributed by atoms with E-state index < -0.39 is 6.10 Å². The maximum absolute atomic E-state index is 13.5. The molecular formula is C23H22N2O3S2. The molecule has 0 radical (unpaired) electrons. The molecule has 0 bridgehead atoms. The van der Waals surface area contributed by atoms with Gasteiger partial charge in [0.25, 0.3) is 11.8 Å². The second kappa shape index (κ2) is 8.34. The second-order valence-corrected chi connectivity index (χ2v) is 9.52. The van der Waals surface area contributed by atoms with Crippen LogP contribution in [-0.4, -0.2) is 36.0 Å². The largest absolute Gasteiger partial charge is 0.368 e. The number of carbonyl (C=O) groups is 2. The lowest BCUT2D eigenvalue weighted by Crippen LogP contribution is -2.39. The number of fused-ring (bicyclic) bond motifs is 1. The van der Waals surface area contributed by atoms with Crippen molar-refractivity contribution in [3.8, 4) is 0 Å². The molecule has 4 heterocycles. The number of carbonyl (C=O) groups excluding carboxylic acids is 2. The molecular weight excluding hydrogens is 416 g/mol. The lowest BCUT2D eigenvalue weighted by molar-refractivity contribution is -0.124. The summed E-state index contributed by atoms with van der Waals surface area (Å²) in [5.41, 5.74) is 2.44. The molecule has 5 nitrogen and oxygen atoms in total. The van der Waals surface area contributed by atoms with Gasteiger partial charge in [0.1, 0.15) is 6.10 Å². The number of nitrogens with one attached hydrogen (secondary N) is 1. The van der Waals surface area contributed by atoms with E-state index in [-0.39, 0.29) is 17.9 Å². The van der Waals surface area contributed by atoms with Crippen molar-refractivity contribution >= 4 is 40.2 Å². The molecule has 2 aliphatic rings. The van der Waals surface area contributed by atoms with Gasteiger partial charge in [0.15, 0.2) is 0 Å². The highest BCUT2D eigenvalue weighted by atomic mass is 32.1. The van der Waals surface area contributed by atoms with Crippen LogP contribution >= 0.6 is 22.7 Å². The van der Waals surface area contributed by atoms with Crippen LogP contribution in [0.15, 0.2) is 53.2 Å². The van der Waals surface area contributed by atoms with E-state index in [1.54, 1.807) is 28.7 Å². The fourth-order valence-electron chi connectivity index (χ4n) is 4.19. The SMILES string of the molecule is O=C(Nc1cccc(C(=O)N2CCc3sccc3[C@@H]2c2cccs2)c1)[C@H]1CCCO1. The number of hydrogen-bond donors (Lipinski definition) is 1. The van der Waals surface area contributed by atoms with E-state index in [2.05, 4.69) is 28.2 Å². The zero-order chi connectivity index (χ0) is 20.5. The van der Waals surface area contributed by atoms with Crippen molar-refractivity contribution in [2.24, 2.45) is 0 Å². The van der Waals surface area contributed by atoms with Crippen molar-refractivity contribution in [1.82, 2.24) is 4.90 Å². The Morgan fingerprint density at radius 3 is 2.83 bits per heavy atom. The van der Waals surface area contributed by atoms with Crippen molar-refractivity contribution in [2.45, 2.75) is 31.4 Å². The third kappa shape index (κ3) is 3.69. The Bertz CT molecular complexity index is 1050. The smallest absolute Gasteiger partial charge is 0.254 e. The lowest BCUT2D eigenvalue weighted by atomic mass is 9.97. The summed E-state index contributed by atoms with van der Waals surface area (Å²) in [5.74, 6) is -0.159. The fourth-order valence-corrected chi connectivity index (χ4v) is 5.95. The molecule has 0 unspecified atom stereocenters. The van der Waals surface area contributed by atoms with Crippen molar-refractivity contribution < 1.29 is 14.3 Å². The minimum Gasteiger partial charge on any atom is -0.368 e. The van der Waals surface area contributed by atoms with Gasteiger partial charge < -0.3 is 15.0 Å². The topological polar surface area (TPSA) is 58.6 Å². The summed E-state index contributed by atoms with van der Waals surface area (Å²) in [6.07, 6.45) is 2.12. The average molecular weight is 439 g/mol. The summed E-state index contributed by atoms with van der Waals surface area (Å²) in [4.78, 5) is 30.4. The number of benzene rings is 1. The van der Waals surface area contributed by atoms with Gasteiger partial charge >= 0.3 is 0 Å². The molecule has 2 amide bonds. The Kier molecular flexibility index (Phi) is 5.41. The first kappa shape index (κ1) is 19.5. The summed E-state index contributed by atoms with van der Waals surface area (Å²) in [7, 11) is 0.